The predicted molar refractivity (Wildman–Crippen MR) is 86.5 cm³/mol. The number of anilines is 2. The summed E-state index contributed by atoms with van der Waals surface area (Å²) in [5.41, 5.74) is 0. The Morgan fingerprint density at radius 1 is 1.21 bits per heavy atom. The van der Waals surface area contributed by atoms with Crippen molar-refractivity contribution >= 4 is 35.2 Å². The van der Waals surface area contributed by atoms with Crippen molar-refractivity contribution in [3.8, 4) is 0 Å². The molecule has 6 heteroatoms. The zero-order valence-corrected chi connectivity index (χ0v) is 13.4. The number of nitrogens with one attached hydrogen (secondary N) is 2. The van der Waals surface area contributed by atoms with Gasteiger partial charge in [0.1, 0.15) is 11.6 Å². The minimum absolute atomic E-state index is 0.542. The monoisotopic (exact) mass is 298 g/mol. The van der Waals surface area contributed by atoms with Crippen LogP contribution in [0.5, 0.6) is 0 Å². The fourth-order valence-corrected chi connectivity index (χ4v) is 3.62. The Labute approximate surface area is 123 Å². The van der Waals surface area contributed by atoms with Gasteiger partial charge in [-0.1, -0.05) is 18.2 Å². The van der Waals surface area contributed by atoms with Gasteiger partial charge in [-0.3, -0.25) is 0 Å². The van der Waals surface area contributed by atoms with Crippen LogP contribution in [0.25, 0.3) is 0 Å². The molecule has 1 aliphatic carbocycles. The van der Waals surface area contributed by atoms with Crippen LogP contribution >= 0.6 is 23.5 Å². The van der Waals surface area contributed by atoms with Crippen molar-refractivity contribution in [1.29, 1.82) is 0 Å². The molecule has 1 aliphatic rings. The van der Waals surface area contributed by atoms with Crippen molar-refractivity contribution in [2.45, 2.75) is 42.1 Å². The first-order valence-corrected chi connectivity index (χ1v) is 9.16. The van der Waals surface area contributed by atoms with E-state index >= 15 is 0 Å². The third kappa shape index (κ3) is 4.18. The van der Waals surface area contributed by atoms with Crippen LogP contribution in [0.1, 0.15) is 25.7 Å². The molecule has 0 saturated heterocycles. The molecule has 0 amide bonds. The van der Waals surface area contributed by atoms with Crippen molar-refractivity contribution in [2.24, 2.45) is 0 Å². The smallest absolute Gasteiger partial charge is 0.191 e. The number of thioether (sulfide) groups is 2. The van der Waals surface area contributed by atoms with Gasteiger partial charge in [0.2, 0.25) is 0 Å². The molecular formula is C13H22N4S2. The molecule has 106 valence electrons. The third-order valence-corrected chi connectivity index (χ3v) is 5.10. The lowest BCUT2D eigenvalue weighted by Crippen LogP contribution is -2.29. The molecule has 19 heavy (non-hydrogen) atoms. The Morgan fingerprint density at radius 2 is 2.00 bits per heavy atom. The Kier molecular flexibility index (Phi) is 5.63. The molecule has 2 unspecified atom stereocenters. The zero-order chi connectivity index (χ0) is 13.7. The van der Waals surface area contributed by atoms with E-state index in [0.29, 0.717) is 6.04 Å². The summed E-state index contributed by atoms with van der Waals surface area (Å²) in [4.78, 5) is 8.93. The molecule has 1 aromatic rings. The number of rotatable bonds is 5. The van der Waals surface area contributed by atoms with Gasteiger partial charge in [-0.25, -0.2) is 9.97 Å². The van der Waals surface area contributed by atoms with Gasteiger partial charge in [0.15, 0.2) is 5.16 Å². The molecule has 0 spiro atoms. The fraction of sp³-hybridized carbons (Fsp3) is 0.692. The maximum atomic E-state index is 4.54. The molecule has 0 radical (unpaired) electrons. The maximum absolute atomic E-state index is 4.54. The van der Waals surface area contributed by atoms with Crippen LogP contribution in [-0.2, 0) is 0 Å². The van der Waals surface area contributed by atoms with Crippen LogP contribution in [0.2, 0.25) is 0 Å². The van der Waals surface area contributed by atoms with E-state index in [-0.39, 0.29) is 0 Å². The van der Waals surface area contributed by atoms with E-state index in [4.69, 9.17) is 0 Å². The molecule has 0 aromatic carbocycles. The van der Waals surface area contributed by atoms with E-state index in [1.165, 1.54) is 25.7 Å². The zero-order valence-electron chi connectivity index (χ0n) is 11.8. The van der Waals surface area contributed by atoms with E-state index in [2.05, 4.69) is 26.9 Å². The largest absolute Gasteiger partial charge is 0.373 e. The van der Waals surface area contributed by atoms with E-state index in [1.54, 1.807) is 11.8 Å². The molecule has 0 bridgehead atoms. The van der Waals surface area contributed by atoms with Crippen molar-refractivity contribution in [3.05, 3.63) is 6.07 Å². The number of hydrogen-bond acceptors (Lipinski definition) is 6. The Morgan fingerprint density at radius 3 is 2.68 bits per heavy atom. The van der Waals surface area contributed by atoms with E-state index in [0.717, 1.165) is 22.0 Å². The van der Waals surface area contributed by atoms with Crippen molar-refractivity contribution in [1.82, 2.24) is 9.97 Å². The lowest BCUT2D eigenvalue weighted by molar-refractivity contribution is 0.472. The minimum atomic E-state index is 0.542. The molecule has 4 nitrogen and oxygen atoms in total. The number of aromatic nitrogens is 2. The Hall–Kier alpha value is -0.620. The summed E-state index contributed by atoms with van der Waals surface area (Å²) in [5.74, 6) is 1.81. The summed E-state index contributed by atoms with van der Waals surface area (Å²) in [6.45, 7) is 0. The van der Waals surface area contributed by atoms with Crippen LogP contribution in [0.4, 0.5) is 11.6 Å². The van der Waals surface area contributed by atoms with Gasteiger partial charge in [0.05, 0.1) is 0 Å². The van der Waals surface area contributed by atoms with Crippen LogP contribution < -0.4 is 10.6 Å². The quantitative estimate of drug-likeness (QED) is 0.642. The second-order valence-corrected chi connectivity index (χ2v) is 6.65. The molecule has 2 rings (SSSR count). The average molecular weight is 298 g/mol. The van der Waals surface area contributed by atoms with Gasteiger partial charge in [-0.2, -0.15) is 11.8 Å². The van der Waals surface area contributed by atoms with E-state index in [1.807, 2.05) is 31.1 Å². The minimum Gasteiger partial charge on any atom is -0.373 e. The second kappa shape index (κ2) is 7.24. The highest BCUT2D eigenvalue weighted by Crippen LogP contribution is 2.29. The maximum Gasteiger partial charge on any atom is 0.191 e. The van der Waals surface area contributed by atoms with Gasteiger partial charge in [-0.15, -0.1) is 0 Å². The summed E-state index contributed by atoms with van der Waals surface area (Å²) < 4.78 is 0. The molecule has 1 heterocycles. The normalized spacial score (nSPS) is 23.1. The first kappa shape index (κ1) is 14.8. The lowest BCUT2D eigenvalue weighted by Gasteiger charge is -2.29. The highest BCUT2D eigenvalue weighted by atomic mass is 32.2. The Balaban J connectivity index is 2.05. The average Bonchev–Trinajstić information content (AvgIpc) is 2.47. The number of hydrogen-bond donors (Lipinski definition) is 2. The van der Waals surface area contributed by atoms with Gasteiger partial charge >= 0.3 is 0 Å². The van der Waals surface area contributed by atoms with E-state index < -0.39 is 0 Å². The van der Waals surface area contributed by atoms with Crippen molar-refractivity contribution < 1.29 is 0 Å². The molecule has 1 aromatic heterocycles. The van der Waals surface area contributed by atoms with Crippen molar-refractivity contribution in [3.63, 3.8) is 0 Å². The summed E-state index contributed by atoms with van der Waals surface area (Å²) in [5, 5.41) is 8.27. The van der Waals surface area contributed by atoms with Gasteiger partial charge < -0.3 is 10.6 Å². The van der Waals surface area contributed by atoms with E-state index in [9.17, 15) is 0 Å². The number of nitrogens with zero attached hydrogens (tertiary/aromatic N) is 2. The second-order valence-electron chi connectivity index (χ2n) is 4.74. The Bertz CT molecular complexity index is 391. The van der Waals surface area contributed by atoms with Crippen LogP contribution in [0.3, 0.4) is 0 Å². The highest BCUT2D eigenvalue weighted by molar-refractivity contribution is 7.99. The third-order valence-electron chi connectivity index (χ3n) is 3.46. The summed E-state index contributed by atoms with van der Waals surface area (Å²) in [6, 6.07) is 2.53. The summed E-state index contributed by atoms with van der Waals surface area (Å²) in [7, 11) is 1.89. The topological polar surface area (TPSA) is 49.8 Å². The highest BCUT2D eigenvalue weighted by Gasteiger charge is 2.21. The van der Waals surface area contributed by atoms with Crippen LogP contribution in [0, 0.1) is 0 Å². The SMILES string of the molecule is CNc1cc(NC2CCCC(SC)C2)nc(SC)n1. The standard InChI is InChI=1S/C13H22N4S2/c1-14-11-8-12(17-13(16-11)19-3)15-9-5-4-6-10(7-9)18-2/h8-10H,4-7H2,1-3H3,(H2,14,15,16,17). The molecular weight excluding hydrogens is 276 g/mol. The molecule has 2 N–H and O–H groups in total. The van der Waals surface area contributed by atoms with Gasteiger partial charge in [-0.05, 0) is 31.8 Å². The molecule has 2 atom stereocenters. The summed E-state index contributed by atoms with van der Waals surface area (Å²) in [6.07, 6.45) is 9.34. The molecule has 1 fully saturated rings. The lowest BCUT2D eigenvalue weighted by atomic mass is 9.95. The predicted octanol–water partition coefficient (Wildman–Crippen LogP) is 3.33. The molecule has 1 saturated carbocycles. The van der Waals surface area contributed by atoms with Crippen LogP contribution in [0.15, 0.2) is 11.2 Å². The van der Waals surface area contributed by atoms with Gasteiger partial charge in [0.25, 0.3) is 0 Å². The molecule has 0 aliphatic heterocycles. The first-order chi connectivity index (χ1) is 9.25. The van der Waals surface area contributed by atoms with Gasteiger partial charge in [0, 0.05) is 24.4 Å². The summed E-state index contributed by atoms with van der Waals surface area (Å²) >= 11 is 3.56. The van der Waals surface area contributed by atoms with Crippen LogP contribution in [-0.4, -0.2) is 40.8 Å². The fourth-order valence-electron chi connectivity index (χ4n) is 2.42. The first-order valence-electron chi connectivity index (χ1n) is 6.65. The van der Waals surface area contributed by atoms with Crippen molar-refractivity contribution in [2.75, 3.05) is 30.2 Å².